The van der Waals surface area contributed by atoms with Crippen LogP contribution in [0.3, 0.4) is 0 Å². The lowest BCUT2D eigenvalue weighted by molar-refractivity contribution is -0.128. The minimum absolute atomic E-state index is 0.0781. The molecule has 3 saturated carbocycles. The summed E-state index contributed by atoms with van der Waals surface area (Å²) in [5, 5.41) is 13.3. The predicted molar refractivity (Wildman–Crippen MR) is 89.8 cm³/mol. The van der Waals surface area contributed by atoms with Gasteiger partial charge in [0, 0.05) is 17.1 Å². The molecule has 1 unspecified atom stereocenters. The van der Waals surface area contributed by atoms with Crippen molar-refractivity contribution in [2.24, 2.45) is 5.73 Å². The molecule has 1 aliphatic heterocycles. The molecular formula is C18H24N2O5. The Labute approximate surface area is 146 Å². The fourth-order valence-corrected chi connectivity index (χ4v) is 4.07. The molecule has 5 rings (SSSR count). The Morgan fingerprint density at radius 3 is 2.68 bits per heavy atom. The van der Waals surface area contributed by atoms with Gasteiger partial charge in [-0.3, -0.25) is 4.79 Å². The molecule has 3 fully saturated rings. The van der Waals surface area contributed by atoms with Crippen molar-refractivity contribution in [1.29, 1.82) is 0 Å². The number of aliphatic hydroxyl groups is 1. The first-order valence-electron chi connectivity index (χ1n) is 8.79. The van der Waals surface area contributed by atoms with E-state index in [1.807, 2.05) is 0 Å². The number of hydrogen-bond donors (Lipinski definition) is 3. The highest BCUT2D eigenvalue weighted by atomic mass is 16.6. The normalized spacial score (nSPS) is 33.0. The van der Waals surface area contributed by atoms with Crippen molar-refractivity contribution in [3.05, 3.63) is 18.2 Å². The maximum Gasteiger partial charge on any atom is 0.258 e. The molecule has 4 aliphatic rings. The first-order chi connectivity index (χ1) is 12.0. The van der Waals surface area contributed by atoms with Gasteiger partial charge < -0.3 is 30.4 Å². The molecule has 1 amide bonds. The Morgan fingerprint density at radius 1 is 1.24 bits per heavy atom. The number of rotatable bonds is 4. The predicted octanol–water partition coefficient (Wildman–Crippen LogP) is 0.728. The van der Waals surface area contributed by atoms with Crippen LogP contribution in [0.4, 0.5) is 0 Å². The molecular weight excluding hydrogens is 324 g/mol. The summed E-state index contributed by atoms with van der Waals surface area (Å²) in [5.74, 6) is 1.69. The van der Waals surface area contributed by atoms with E-state index in [2.05, 4.69) is 5.32 Å². The van der Waals surface area contributed by atoms with Crippen LogP contribution in [0.1, 0.15) is 32.1 Å². The first-order valence-corrected chi connectivity index (χ1v) is 8.79. The largest absolute Gasteiger partial charge is 0.486 e. The van der Waals surface area contributed by atoms with E-state index in [-0.39, 0.29) is 18.1 Å². The van der Waals surface area contributed by atoms with Crippen LogP contribution in [-0.2, 0) is 4.79 Å². The lowest BCUT2D eigenvalue weighted by Gasteiger charge is -2.54. The fourth-order valence-electron chi connectivity index (χ4n) is 4.07. The average Bonchev–Trinajstić information content (AvgIpc) is 2.62. The Bertz CT molecular complexity index is 669. The molecule has 25 heavy (non-hydrogen) atoms. The van der Waals surface area contributed by atoms with Gasteiger partial charge in [0.05, 0.1) is 6.10 Å². The minimum Gasteiger partial charge on any atom is -0.486 e. The summed E-state index contributed by atoms with van der Waals surface area (Å²) in [6.07, 6.45) is 3.02. The van der Waals surface area contributed by atoms with E-state index in [1.165, 1.54) is 0 Å². The zero-order valence-corrected chi connectivity index (χ0v) is 14.1. The molecule has 0 saturated heterocycles. The molecule has 1 aromatic rings. The lowest BCUT2D eigenvalue weighted by atomic mass is 9.60. The maximum atomic E-state index is 12.3. The third-order valence-electron chi connectivity index (χ3n) is 5.67. The van der Waals surface area contributed by atoms with Crippen LogP contribution in [-0.4, -0.2) is 48.0 Å². The maximum absolute atomic E-state index is 12.3. The molecule has 7 nitrogen and oxygen atoms in total. The summed E-state index contributed by atoms with van der Waals surface area (Å²) in [6.45, 7) is 0.962. The summed E-state index contributed by atoms with van der Waals surface area (Å²) in [7, 11) is 0. The Kier molecular flexibility index (Phi) is 4.00. The van der Waals surface area contributed by atoms with Crippen molar-refractivity contribution in [3.8, 4) is 17.2 Å². The number of nitrogens with one attached hydrogen (secondary N) is 1. The number of ether oxygens (including phenoxy) is 3. The molecule has 0 spiro atoms. The molecule has 2 bridgehead atoms. The lowest BCUT2D eigenvalue weighted by Crippen LogP contribution is -2.68. The Morgan fingerprint density at radius 2 is 1.96 bits per heavy atom. The quantitative estimate of drug-likeness (QED) is 0.741. The second-order valence-corrected chi connectivity index (χ2v) is 7.38. The third-order valence-corrected chi connectivity index (χ3v) is 5.67. The molecule has 1 heterocycles. The molecule has 0 radical (unpaired) electrons. The van der Waals surface area contributed by atoms with Crippen molar-refractivity contribution in [2.45, 2.75) is 49.3 Å². The van der Waals surface area contributed by atoms with Crippen LogP contribution in [0.5, 0.6) is 17.2 Å². The van der Waals surface area contributed by atoms with Crippen molar-refractivity contribution in [3.63, 3.8) is 0 Å². The van der Waals surface area contributed by atoms with E-state index in [4.69, 9.17) is 19.9 Å². The van der Waals surface area contributed by atoms with Crippen LogP contribution in [0.15, 0.2) is 18.2 Å². The van der Waals surface area contributed by atoms with Crippen LogP contribution in [0, 0.1) is 0 Å². The number of aliphatic hydroxyl groups excluding tert-OH is 1. The van der Waals surface area contributed by atoms with Gasteiger partial charge in [0.15, 0.2) is 18.1 Å². The summed E-state index contributed by atoms with van der Waals surface area (Å²) < 4.78 is 16.6. The van der Waals surface area contributed by atoms with Crippen LogP contribution < -0.4 is 25.3 Å². The van der Waals surface area contributed by atoms with Crippen molar-refractivity contribution in [1.82, 2.24) is 5.32 Å². The number of benzene rings is 1. The van der Waals surface area contributed by atoms with Crippen molar-refractivity contribution in [2.75, 3.05) is 19.8 Å². The summed E-state index contributed by atoms with van der Waals surface area (Å²) in [4.78, 5) is 12.3. The van der Waals surface area contributed by atoms with Crippen molar-refractivity contribution < 1.29 is 24.1 Å². The number of carbonyl (C=O) groups excluding carboxylic acids is 1. The third kappa shape index (κ3) is 3.14. The van der Waals surface area contributed by atoms with Gasteiger partial charge in [0.1, 0.15) is 19.0 Å². The number of amides is 1. The zero-order chi connectivity index (χ0) is 17.5. The second kappa shape index (κ2) is 6.07. The van der Waals surface area contributed by atoms with Gasteiger partial charge in [-0.25, -0.2) is 0 Å². The molecule has 0 aromatic heterocycles. The summed E-state index contributed by atoms with van der Waals surface area (Å²) in [5.41, 5.74) is 5.38. The molecule has 3 aliphatic carbocycles. The minimum atomic E-state index is -0.561. The van der Waals surface area contributed by atoms with Gasteiger partial charge in [0.2, 0.25) is 0 Å². The van der Waals surface area contributed by atoms with Crippen LogP contribution in [0.25, 0.3) is 0 Å². The number of carbonyl (C=O) groups is 1. The zero-order valence-electron chi connectivity index (χ0n) is 14.1. The molecule has 1 atom stereocenters. The molecule has 1 aromatic carbocycles. The van der Waals surface area contributed by atoms with Gasteiger partial charge in [-0.05, 0) is 44.2 Å². The van der Waals surface area contributed by atoms with E-state index < -0.39 is 11.6 Å². The molecule has 7 heteroatoms. The van der Waals surface area contributed by atoms with Crippen molar-refractivity contribution >= 4 is 5.91 Å². The second-order valence-electron chi connectivity index (χ2n) is 7.38. The standard InChI is InChI=1S/C18H24N2O5/c19-18-5-3-17(4-6-18,10-15(18)21)20-16(22)11-25-12-1-2-13-14(9-12)24-8-7-23-13/h1-2,9,15,21H,3-8,10-11,19H2,(H,20,22). The number of nitrogens with two attached hydrogens (primary N) is 1. The Hall–Kier alpha value is -1.99. The van der Waals surface area contributed by atoms with E-state index in [0.29, 0.717) is 36.9 Å². The number of hydrogen-bond acceptors (Lipinski definition) is 6. The first kappa shape index (κ1) is 16.5. The van der Waals surface area contributed by atoms with Gasteiger partial charge in [-0.2, -0.15) is 0 Å². The summed E-state index contributed by atoms with van der Waals surface area (Å²) >= 11 is 0. The van der Waals surface area contributed by atoms with E-state index >= 15 is 0 Å². The van der Waals surface area contributed by atoms with Crippen LogP contribution in [0.2, 0.25) is 0 Å². The monoisotopic (exact) mass is 348 g/mol. The summed E-state index contributed by atoms with van der Waals surface area (Å²) in [6, 6.07) is 5.26. The van der Waals surface area contributed by atoms with E-state index in [9.17, 15) is 9.90 Å². The van der Waals surface area contributed by atoms with Gasteiger partial charge >= 0.3 is 0 Å². The average molecular weight is 348 g/mol. The Balaban J connectivity index is 1.34. The van der Waals surface area contributed by atoms with Crippen LogP contribution >= 0.6 is 0 Å². The highest BCUT2D eigenvalue weighted by Gasteiger charge is 2.52. The highest BCUT2D eigenvalue weighted by Crippen LogP contribution is 2.45. The number of fused-ring (bicyclic) bond motifs is 4. The SMILES string of the molecule is NC12CCC(NC(=O)COc3ccc4c(c3)OCCO4)(CC1)CC2O. The van der Waals surface area contributed by atoms with Gasteiger partial charge in [-0.1, -0.05) is 0 Å². The molecule has 4 N–H and O–H groups in total. The topological polar surface area (TPSA) is 103 Å². The van der Waals surface area contributed by atoms with Gasteiger partial charge in [-0.15, -0.1) is 0 Å². The smallest absolute Gasteiger partial charge is 0.258 e. The highest BCUT2D eigenvalue weighted by molar-refractivity contribution is 5.78. The van der Waals surface area contributed by atoms with E-state index in [0.717, 1.165) is 25.7 Å². The van der Waals surface area contributed by atoms with Gasteiger partial charge in [0.25, 0.3) is 5.91 Å². The fraction of sp³-hybridized carbons (Fsp3) is 0.611. The molecule has 136 valence electrons. The van der Waals surface area contributed by atoms with E-state index in [1.54, 1.807) is 18.2 Å².